The van der Waals surface area contributed by atoms with Crippen LogP contribution in [0.15, 0.2) is 30.3 Å². The van der Waals surface area contributed by atoms with Crippen LogP contribution in [0, 0.1) is 0 Å². The molecule has 1 atom stereocenters. The Kier molecular flexibility index (Phi) is 4.57. The van der Waals surface area contributed by atoms with E-state index in [9.17, 15) is 14.7 Å². The maximum absolute atomic E-state index is 11.8. The van der Waals surface area contributed by atoms with Gasteiger partial charge < -0.3 is 20.5 Å². The Labute approximate surface area is 117 Å². The lowest BCUT2D eigenvalue weighted by atomic mass is 9.99. The van der Waals surface area contributed by atoms with E-state index in [0.717, 1.165) is 5.56 Å². The summed E-state index contributed by atoms with van der Waals surface area (Å²) in [5.74, 6) is -1.06. The Morgan fingerprint density at radius 2 is 2.05 bits per heavy atom. The lowest BCUT2D eigenvalue weighted by Crippen LogP contribution is -2.57. The minimum absolute atomic E-state index is 0.00837. The molecule has 1 heterocycles. The molecule has 1 unspecified atom stereocenters. The molecule has 0 bridgehead atoms. The second kappa shape index (κ2) is 6.38. The van der Waals surface area contributed by atoms with Gasteiger partial charge in [0.2, 0.25) is 0 Å². The first-order valence-corrected chi connectivity index (χ1v) is 6.53. The summed E-state index contributed by atoms with van der Waals surface area (Å²) < 4.78 is 5.07. The Hall–Kier alpha value is -2.08. The van der Waals surface area contributed by atoms with Crippen molar-refractivity contribution in [1.82, 2.24) is 10.6 Å². The molecule has 0 spiro atoms. The first-order valence-electron chi connectivity index (χ1n) is 6.53. The average molecular weight is 278 g/mol. The summed E-state index contributed by atoms with van der Waals surface area (Å²) in [5, 5.41) is 14.4. The molecule has 6 heteroatoms. The number of urea groups is 1. The van der Waals surface area contributed by atoms with Crippen molar-refractivity contribution in [3.8, 4) is 0 Å². The highest BCUT2D eigenvalue weighted by molar-refractivity contribution is 5.86. The van der Waals surface area contributed by atoms with E-state index in [-0.39, 0.29) is 13.0 Å². The minimum Gasteiger partial charge on any atom is -0.479 e. The number of carbonyl (C=O) groups is 2. The van der Waals surface area contributed by atoms with Gasteiger partial charge in [0.15, 0.2) is 5.54 Å². The molecule has 1 saturated heterocycles. The minimum atomic E-state index is -1.29. The zero-order chi connectivity index (χ0) is 14.4. The van der Waals surface area contributed by atoms with E-state index in [1.165, 1.54) is 0 Å². The standard InChI is InChI=1S/C14H18N2O4/c17-12(18)14(7-9-20-10-14)16-13(19)15-8-6-11-4-2-1-3-5-11/h1-5H,6-10H2,(H,17,18)(H2,15,16,19). The van der Waals surface area contributed by atoms with E-state index in [2.05, 4.69) is 10.6 Å². The van der Waals surface area contributed by atoms with Crippen LogP contribution >= 0.6 is 0 Å². The van der Waals surface area contributed by atoms with Crippen molar-refractivity contribution < 1.29 is 19.4 Å². The van der Waals surface area contributed by atoms with Gasteiger partial charge in [0.1, 0.15) is 0 Å². The molecule has 2 amide bonds. The van der Waals surface area contributed by atoms with Crippen LogP contribution in [-0.2, 0) is 16.0 Å². The van der Waals surface area contributed by atoms with Gasteiger partial charge in [0.05, 0.1) is 6.61 Å². The lowest BCUT2D eigenvalue weighted by Gasteiger charge is -2.23. The number of hydrogen-bond donors (Lipinski definition) is 3. The van der Waals surface area contributed by atoms with Crippen LogP contribution in [0.25, 0.3) is 0 Å². The average Bonchev–Trinajstić information content (AvgIpc) is 2.90. The molecule has 3 N–H and O–H groups in total. The number of aliphatic carboxylic acids is 1. The van der Waals surface area contributed by atoms with Gasteiger partial charge in [0, 0.05) is 19.6 Å². The lowest BCUT2D eigenvalue weighted by molar-refractivity contribution is -0.144. The number of hydrogen-bond acceptors (Lipinski definition) is 3. The number of amides is 2. The summed E-state index contributed by atoms with van der Waals surface area (Å²) in [4.78, 5) is 23.0. The van der Waals surface area contributed by atoms with Crippen molar-refractivity contribution in [2.75, 3.05) is 19.8 Å². The second-order valence-corrected chi connectivity index (χ2v) is 4.81. The van der Waals surface area contributed by atoms with Crippen LogP contribution in [-0.4, -0.2) is 42.4 Å². The van der Waals surface area contributed by atoms with E-state index >= 15 is 0 Å². The Bertz CT molecular complexity index is 469. The molecule has 108 valence electrons. The van der Waals surface area contributed by atoms with Crippen LogP contribution in [0.1, 0.15) is 12.0 Å². The predicted molar refractivity (Wildman–Crippen MR) is 72.5 cm³/mol. The van der Waals surface area contributed by atoms with Crippen LogP contribution in [0.3, 0.4) is 0 Å². The smallest absolute Gasteiger partial charge is 0.332 e. The molecular weight excluding hydrogens is 260 g/mol. The molecule has 0 aromatic heterocycles. The topological polar surface area (TPSA) is 87.7 Å². The molecule has 1 aliphatic rings. The highest BCUT2D eigenvalue weighted by atomic mass is 16.5. The van der Waals surface area contributed by atoms with Crippen molar-refractivity contribution in [2.45, 2.75) is 18.4 Å². The van der Waals surface area contributed by atoms with Crippen molar-refractivity contribution in [2.24, 2.45) is 0 Å². The molecule has 0 saturated carbocycles. The van der Waals surface area contributed by atoms with Gasteiger partial charge in [-0.3, -0.25) is 0 Å². The zero-order valence-electron chi connectivity index (χ0n) is 11.1. The van der Waals surface area contributed by atoms with Gasteiger partial charge in [-0.15, -0.1) is 0 Å². The largest absolute Gasteiger partial charge is 0.479 e. The van der Waals surface area contributed by atoms with E-state index in [4.69, 9.17) is 4.74 Å². The molecule has 1 fully saturated rings. The van der Waals surface area contributed by atoms with Crippen LogP contribution in [0.2, 0.25) is 0 Å². The molecule has 0 aliphatic carbocycles. The predicted octanol–water partition coefficient (Wildman–Crippen LogP) is 0.772. The summed E-state index contributed by atoms with van der Waals surface area (Å²) >= 11 is 0. The van der Waals surface area contributed by atoms with Gasteiger partial charge >= 0.3 is 12.0 Å². The van der Waals surface area contributed by atoms with Crippen molar-refractivity contribution in [1.29, 1.82) is 0 Å². The molecule has 1 aromatic rings. The normalized spacial score (nSPS) is 21.4. The number of benzene rings is 1. The summed E-state index contributed by atoms with van der Waals surface area (Å²) in [6.07, 6.45) is 0.985. The van der Waals surface area contributed by atoms with Gasteiger partial charge in [-0.1, -0.05) is 30.3 Å². The van der Waals surface area contributed by atoms with Crippen LogP contribution in [0.4, 0.5) is 4.79 Å². The van der Waals surface area contributed by atoms with E-state index < -0.39 is 17.5 Å². The quantitative estimate of drug-likeness (QED) is 0.742. The summed E-state index contributed by atoms with van der Waals surface area (Å²) in [7, 11) is 0. The van der Waals surface area contributed by atoms with Crippen molar-refractivity contribution in [3.63, 3.8) is 0 Å². The number of carbonyl (C=O) groups excluding carboxylic acids is 1. The molecule has 2 rings (SSSR count). The van der Waals surface area contributed by atoms with E-state index in [0.29, 0.717) is 19.6 Å². The molecule has 1 aromatic carbocycles. The molecule has 0 radical (unpaired) electrons. The Morgan fingerprint density at radius 1 is 1.30 bits per heavy atom. The first-order chi connectivity index (χ1) is 9.62. The zero-order valence-corrected chi connectivity index (χ0v) is 11.1. The molecular formula is C14H18N2O4. The van der Waals surface area contributed by atoms with Crippen molar-refractivity contribution in [3.05, 3.63) is 35.9 Å². The molecule has 1 aliphatic heterocycles. The highest BCUT2D eigenvalue weighted by Gasteiger charge is 2.43. The fourth-order valence-corrected chi connectivity index (χ4v) is 2.11. The van der Waals surface area contributed by atoms with Gasteiger partial charge in [0.25, 0.3) is 0 Å². The SMILES string of the molecule is O=C(NCCc1ccccc1)NC1(C(=O)O)CCOC1. The number of rotatable bonds is 5. The highest BCUT2D eigenvalue weighted by Crippen LogP contribution is 2.18. The molecule has 6 nitrogen and oxygen atoms in total. The number of carboxylic acid groups (broad SMARTS) is 1. The Balaban J connectivity index is 1.79. The maximum Gasteiger partial charge on any atom is 0.332 e. The third-order valence-corrected chi connectivity index (χ3v) is 3.33. The third kappa shape index (κ3) is 3.48. The van der Waals surface area contributed by atoms with E-state index in [1.807, 2.05) is 30.3 Å². The van der Waals surface area contributed by atoms with E-state index in [1.54, 1.807) is 0 Å². The van der Waals surface area contributed by atoms with Crippen LogP contribution in [0.5, 0.6) is 0 Å². The number of ether oxygens (including phenoxy) is 1. The fraction of sp³-hybridized carbons (Fsp3) is 0.429. The third-order valence-electron chi connectivity index (χ3n) is 3.33. The summed E-state index contributed by atoms with van der Waals surface area (Å²) in [5.41, 5.74) is -0.179. The first kappa shape index (κ1) is 14.3. The fourth-order valence-electron chi connectivity index (χ4n) is 2.11. The summed E-state index contributed by atoms with van der Waals surface area (Å²) in [6, 6.07) is 9.27. The van der Waals surface area contributed by atoms with Gasteiger partial charge in [-0.05, 0) is 12.0 Å². The van der Waals surface area contributed by atoms with Gasteiger partial charge in [-0.25, -0.2) is 9.59 Å². The van der Waals surface area contributed by atoms with Crippen LogP contribution < -0.4 is 10.6 Å². The Morgan fingerprint density at radius 3 is 2.65 bits per heavy atom. The number of carboxylic acids is 1. The second-order valence-electron chi connectivity index (χ2n) is 4.81. The summed E-state index contributed by atoms with van der Waals surface area (Å²) in [6.45, 7) is 0.803. The maximum atomic E-state index is 11.8. The molecule has 20 heavy (non-hydrogen) atoms. The monoisotopic (exact) mass is 278 g/mol. The van der Waals surface area contributed by atoms with Crippen molar-refractivity contribution >= 4 is 12.0 Å². The van der Waals surface area contributed by atoms with Gasteiger partial charge in [-0.2, -0.15) is 0 Å². The number of nitrogens with one attached hydrogen (secondary N) is 2.